The van der Waals surface area contributed by atoms with Crippen LogP contribution in [0.15, 0.2) is 18.2 Å². The highest BCUT2D eigenvalue weighted by Gasteiger charge is 2.18. The molecule has 1 aromatic carbocycles. The highest BCUT2D eigenvalue weighted by molar-refractivity contribution is 14.1. The van der Waals surface area contributed by atoms with Crippen LogP contribution in [0, 0.1) is 10.5 Å². The second-order valence-electron chi connectivity index (χ2n) is 4.57. The van der Waals surface area contributed by atoms with Gasteiger partial charge in [-0.25, -0.2) is 0 Å². The van der Waals surface area contributed by atoms with Crippen molar-refractivity contribution in [1.29, 1.82) is 0 Å². The van der Waals surface area contributed by atoms with Crippen molar-refractivity contribution in [3.8, 4) is 0 Å². The summed E-state index contributed by atoms with van der Waals surface area (Å²) in [6, 6.07) is 5.83. The van der Waals surface area contributed by atoms with Gasteiger partial charge in [-0.2, -0.15) is 5.10 Å². The largest absolute Gasteiger partial charge is 0.271 e. The second-order valence-corrected chi connectivity index (χ2v) is 6.51. The van der Waals surface area contributed by atoms with Crippen molar-refractivity contribution in [2.24, 2.45) is 12.9 Å². The van der Waals surface area contributed by atoms with Crippen molar-refractivity contribution in [3.05, 3.63) is 48.8 Å². The van der Waals surface area contributed by atoms with Crippen molar-refractivity contribution in [1.82, 2.24) is 15.2 Å². The molecule has 2 rings (SSSR count). The Morgan fingerprint density at radius 2 is 2.15 bits per heavy atom. The Kier molecular flexibility index (Phi) is 5.30. The van der Waals surface area contributed by atoms with Gasteiger partial charge >= 0.3 is 0 Å². The Morgan fingerprint density at radius 1 is 1.45 bits per heavy atom. The van der Waals surface area contributed by atoms with E-state index in [2.05, 4.69) is 33.1 Å². The monoisotopic (exact) mass is 424 g/mol. The van der Waals surface area contributed by atoms with Gasteiger partial charge < -0.3 is 0 Å². The zero-order chi connectivity index (χ0) is 14.9. The van der Waals surface area contributed by atoms with Crippen LogP contribution in [0.3, 0.4) is 0 Å². The van der Waals surface area contributed by atoms with Gasteiger partial charge in [0, 0.05) is 17.0 Å². The number of halogens is 3. The van der Waals surface area contributed by atoms with Crippen molar-refractivity contribution in [2.75, 3.05) is 0 Å². The van der Waals surface area contributed by atoms with Crippen LogP contribution in [0.2, 0.25) is 10.0 Å². The summed E-state index contributed by atoms with van der Waals surface area (Å²) in [7, 11) is 1.88. The predicted molar refractivity (Wildman–Crippen MR) is 90.9 cm³/mol. The highest BCUT2D eigenvalue weighted by Crippen LogP contribution is 2.28. The van der Waals surface area contributed by atoms with Crippen molar-refractivity contribution in [2.45, 2.75) is 19.4 Å². The van der Waals surface area contributed by atoms with Gasteiger partial charge in [-0.3, -0.25) is 16.0 Å². The molecule has 0 spiro atoms. The first-order valence-electron chi connectivity index (χ1n) is 6.03. The molecule has 0 aliphatic carbocycles. The van der Waals surface area contributed by atoms with Gasteiger partial charge in [0.1, 0.15) is 0 Å². The summed E-state index contributed by atoms with van der Waals surface area (Å²) in [5.41, 5.74) is 5.60. The van der Waals surface area contributed by atoms with Crippen LogP contribution in [0.25, 0.3) is 0 Å². The normalized spacial score (nSPS) is 12.7. The second kappa shape index (κ2) is 6.62. The molecule has 7 heteroatoms. The lowest BCUT2D eigenvalue weighted by Gasteiger charge is -2.17. The first kappa shape index (κ1) is 16.0. The topological polar surface area (TPSA) is 55.9 Å². The molecule has 2 aromatic rings. The van der Waals surface area contributed by atoms with Gasteiger partial charge in [0.15, 0.2) is 0 Å². The van der Waals surface area contributed by atoms with Crippen LogP contribution in [-0.4, -0.2) is 9.78 Å². The highest BCUT2D eigenvalue weighted by atomic mass is 127. The van der Waals surface area contributed by atoms with Gasteiger partial charge in [-0.1, -0.05) is 29.3 Å². The number of nitrogens with two attached hydrogens (primary N) is 1. The Morgan fingerprint density at radius 3 is 2.65 bits per heavy atom. The van der Waals surface area contributed by atoms with Crippen LogP contribution in [-0.2, 0) is 13.5 Å². The maximum Gasteiger partial charge on any atom is 0.0847 e. The van der Waals surface area contributed by atoms with E-state index in [9.17, 15) is 0 Å². The third-order valence-corrected chi connectivity index (χ3v) is 5.27. The van der Waals surface area contributed by atoms with Crippen LogP contribution in [0.4, 0.5) is 0 Å². The van der Waals surface area contributed by atoms with Crippen molar-refractivity contribution >= 4 is 45.8 Å². The third-order valence-electron chi connectivity index (χ3n) is 3.21. The molecular weight excluding hydrogens is 410 g/mol. The minimum absolute atomic E-state index is 0.0724. The fourth-order valence-corrected chi connectivity index (χ4v) is 2.86. The van der Waals surface area contributed by atoms with E-state index >= 15 is 0 Å². The lowest BCUT2D eigenvalue weighted by molar-refractivity contribution is 0.530. The minimum atomic E-state index is -0.0724. The molecule has 1 unspecified atom stereocenters. The first-order chi connectivity index (χ1) is 9.43. The number of nitrogens with one attached hydrogen (secondary N) is 1. The molecule has 108 valence electrons. The summed E-state index contributed by atoms with van der Waals surface area (Å²) >= 11 is 14.6. The Hall–Kier alpha value is -0.340. The average molecular weight is 425 g/mol. The summed E-state index contributed by atoms with van der Waals surface area (Å²) < 4.78 is 2.80. The molecule has 0 saturated heterocycles. The molecule has 0 saturated carbocycles. The molecule has 3 N–H and O–H groups in total. The van der Waals surface area contributed by atoms with Crippen molar-refractivity contribution < 1.29 is 0 Å². The van der Waals surface area contributed by atoms with Gasteiger partial charge in [0.25, 0.3) is 0 Å². The molecule has 1 aromatic heterocycles. The van der Waals surface area contributed by atoms with E-state index in [1.165, 1.54) is 0 Å². The lowest BCUT2D eigenvalue weighted by Crippen LogP contribution is -2.30. The summed E-state index contributed by atoms with van der Waals surface area (Å²) in [5.74, 6) is 5.68. The number of hydrogen-bond donors (Lipinski definition) is 2. The summed E-state index contributed by atoms with van der Waals surface area (Å²) in [6.45, 7) is 1.89. The molecule has 0 radical (unpaired) electrons. The van der Waals surface area contributed by atoms with Gasteiger partial charge in [0.2, 0.25) is 0 Å². The number of rotatable bonds is 4. The minimum Gasteiger partial charge on any atom is -0.271 e. The van der Waals surface area contributed by atoms with Gasteiger partial charge in [-0.05, 0) is 47.2 Å². The number of hydrazine groups is 1. The third kappa shape index (κ3) is 3.28. The summed E-state index contributed by atoms with van der Waals surface area (Å²) in [5, 5.41) is 5.71. The maximum atomic E-state index is 6.28. The molecule has 1 heterocycles. The van der Waals surface area contributed by atoms with Crippen LogP contribution < -0.4 is 11.3 Å². The van der Waals surface area contributed by atoms with Crippen LogP contribution in [0.5, 0.6) is 0 Å². The van der Waals surface area contributed by atoms with Crippen LogP contribution in [0.1, 0.15) is 23.0 Å². The predicted octanol–water partition coefficient (Wildman–Crippen LogP) is 3.39. The molecule has 4 nitrogen and oxygen atoms in total. The van der Waals surface area contributed by atoms with E-state index in [1.807, 2.05) is 32.2 Å². The van der Waals surface area contributed by atoms with Gasteiger partial charge in [0.05, 0.1) is 27.5 Å². The van der Waals surface area contributed by atoms with E-state index in [0.717, 1.165) is 25.5 Å². The smallest absolute Gasteiger partial charge is 0.0847 e. The molecule has 0 aliphatic rings. The first-order valence-corrected chi connectivity index (χ1v) is 7.86. The molecule has 0 aliphatic heterocycles. The van der Waals surface area contributed by atoms with Gasteiger partial charge in [-0.15, -0.1) is 0 Å². The number of aromatic nitrogens is 2. The Bertz CT molecular complexity index is 627. The zero-order valence-electron chi connectivity index (χ0n) is 11.1. The van der Waals surface area contributed by atoms with E-state index in [-0.39, 0.29) is 6.04 Å². The SMILES string of the molecule is Cc1nn(C)c(CC(NN)c2ccc(I)c(Cl)c2)c1Cl. The molecule has 0 bridgehead atoms. The fourth-order valence-electron chi connectivity index (χ4n) is 2.10. The maximum absolute atomic E-state index is 6.28. The lowest BCUT2D eigenvalue weighted by atomic mass is 10.0. The van der Waals surface area contributed by atoms with E-state index in [1.54, 1.807) is 4.68 Å². The summed E-state index contributed by atoms with van der Waals surface area (Å²) in [4.78, 5) is 0. The summed E-state index contributed by atoms with van der Waals surface area (Å²) in [6.07, 6.45) is 0.642. The number of aryl methyl sites for hydroxylation is 2. The van der Waals surface area contributed by atoms with Crippen LogP contribution >= 0.6 is 45.8 Å². The molecule has 1 atom stereocenters. The van der Waals surface area contributed by atoms with E-state index < -0.39 is 0 Å². The number of benzene rings is 1. The molecule has 20 heavy (non-hydrogen) atoms. The average Bonchev–Trinajstić information content (AvgIpc) is 2.65. The van der Waals surface area contributed by atoms with Crippen molar-refractivity contribution in [3.63, 3.8) is 0 Å². The molecule has 0 amide bonds. The fraction of sp³-hybridized carbons (Fsp3) is 0.308. The quantitative estimate of drug-likeness (QED) is 0.449. The molecule has 0 fully saturated rings. The van der Waals surface area contributed by atoms with E-state index in [4.69, 9.17) is 29.0 Å². The number of hydrogen-bond acceptors (Lipinski definition) is 3. The number of nitrogens with zero attached hydrogens (tertiary/aromatic N) is 2. The Balaban J connectivity index is 2.31. The standard InChI is InChI=1S/C13H15Cl2IN4/c1-7-13(15)12(20(2)19-7)6-11(18-17)8-3-4-10(16)9(14)5-8/h3-5,11,18H,6,17H2,1-2H3. The Labute approximate surface area is 141 Å². The van der Waals surface area contributed by atoms with E-state index in [0.29, 0.717) is 11.4 Å². The molecular formula is C13H15Cl2IN4. The zero-order valence-corrected chi connectivity index (χ0v) is 14.8.